The van der Waals surface area contributed by atoms with Gasteiger partial charge in [0.2, 0.25) is 0 Å². The van der Waals surface area contributed by atoms with Crippen LogP contribution in [0.15, 0.2) is 40.8 Å². The smallest absolute Gasteiger partial charge is 0.291 e. The van der Waals surface area contributed by atoms with Crippen LogP contribution in [0.2, 0.25) is 0 Å². The Morgan fingerprint density at radius 3 is 2.21 bits per heavy atom. The zero-order valence-electron chi connectivity index (χ0n) is 17.1. The Balaban J connectivity index is 1.80. The standard InChI is InChI=1S/C24H27NO3/c1-14-15(2)17(4)22(18(5)16(14)3)12-21-9-10-23(28-21)24(27)25-20-8-6-7-19(11-20)13-26/h6-11,26H,12-13H2,1-5H3,(H,25,27). The lowest BCUT2D eigenvalue weighted by Gasteiger charge is -2.18. The topological polar surface area (TPSA) is 62.5 Å². The Kier molecular flexibility index (Phi) is 5.71. The second-order valence-electron chi connectivity index (χ2n) is 7.36. The maximum Gasteiger partial charge on any atom is 0.291 e. The number of amides is 1. The predicted molar refractivity (Wildman–Crippen MR) is 112 cm³/mol. The quantitative estimate of drug-likeness (QED) is 0.646. The van der Waals surface area contributed by atoms with E-state index in [0.29, 0.717) is 12.1 Å². The minimum absolute atomic E-state index is 0.0668. The van der Waals surface area contributed by atoms with Gasteiger partial charge in [-0.2, -0.15) is 0 Å². The lowest BCUT2D eigenvalue weighted by molar-refractivity contribution is 0.0995. The summed E-state index contributed by atoms with van der Waals surface area (Å²) >= 11 is 0. The molecule has 0 radical (unpaired) electrons. The normalized spacial score (nSPS) is 10.9. The van der Waals surface area contributed by atoms with Gasteiger partial charge < -0.3 is 14.8 Å². The van der Waals surface area contributed by atoms with Gasteiger partial charge in [0.25, 0.3) is 5.91 Å². The highest BCUT2D eigenvalue weighted by Gasteiger charge is 2.16. The summed E-state index contributed by atoms with van der Waals surface area (Å²) < 4.78 is 5.84. The number of carbonyl (C=O) groups is 1. The number of nitrogens with one attached hydrogen (secondary N) is 1. The van der Waals surface area contributed by atoms with E-state index in [0.717, 1.165) is 11.3 Å². The number of aliphatic hydroxyl groups is 1. The first-order valence-corrected chi connectivity index (χ1v) is 9.47. The van der Waals surface area contributed by atoms with E-state index < -0.39 is 0 Å². The van der Waals surface area contributed by atoms with Gasteiger partial charge >= 0.3 is 0 Å². The summed E-state index contributed by atoms with van der Waals surface area (Å²) in [6.07, 6.45) is 0.660. The van der Waals surface area contributed by atoms with Gasteiger partial charge in [-0.05, 0) is 97.8 Å². The second kappa shape index (κ2) is 8.03. The summed E-state index contributed by atoms with van der Waals surface area (Å²) in [6, 6.07) is 10.7. The number of anilines is 1. The molecule has 0 aliphatic rings. The van der Waals surface area contributed by atoms with Crippen molar-refractivity contribution in [3.05, 3.63) is 86.9 Å². The zero-order chi connectivity index (χ0) is 20.4. The van der Waals surface area contributed by atoms with E-state index >= 15 is 0 Å². The molecule has 0 saturated heterocycles. The Morgan fingerprint density at radius 1 is 0.929 bits per heavy atom. The molecule has 2 aromatic carbocycles. The Bertz CT molecular complexity index is 1000. The summed E-state index contributed by atoms with van der Waals surface area (Å²) in [5.74, 6) is 0.745. The highest BCUT2D eigenvalue weighted by atomic mass is 16.3. The molecule has 1 heterocycles. The van der Waals surface area contributed by atoms with Crippen molar-refractivity contribution in [1.29, 1.82) is 0 Å². The van der Waals surface area contributed by atoms with Gasteiger partial charge in [0, 0.05) is 12.1 Å². The average Bonchev–Trinajstić information content (AvgIpc) is 3.17. The molecule has 1 aromatic heterocycles. The third-order valence-corrected chi connectivity index (χ3v) is 5.76. The van der Waals surface area contributed by atoms with Crippen LogP contribution in [0.3, 0.4) is 0 Å². The first-order valence-electron chi connectivity index (χ1n) is 9.47. The molecule has 0 spiro atoms. The number of aliphatic hydroxyl groups excluding tert-OH is 1. The van der Waals surface area contributed by atoms with E-state index in [4.69, 9.17) is 4.42 Å². The molecule has 0 fully saturated rings. The first kappa shape index (κ1) is 19.9. The van der Waals surface area contributed by atoms with Gasteiger partial charge in [-0.15, -0.1) is 0 Å². The number of hydrogen-bond donors (Lipinski definition) is 2. The van der Waals surface area contributed by atoms with Crippen molar-refractivity contribution < 1.29 is 14.3 Å². The highest BCUT2D eigenvalue weighted by Crippen LogP contribution is 2.28. The molecule has 1 amide bonds. The maximum absolute atomic E-state index is 12.5. The SMILES string of the molecule is Cc1c(C)c(C)c(Cc2ccc(C(=O)Nc3cccc(CO)c3)o2)c(C)c1C. The average molecular weight is 377 g/mol. The van der Waals surface area contributed by atoms with Crippen molar-refractivity contribution in [3.63, 3.8) is 0 Å². The van der Waals surface area contributed by atoms with Gasteiger partial charge in [0.15, 0.2) is 5.76 Å². The van der Waals surface area contributed by atoms with E-state index in [1.54, 1.807) is 30.3 Å². The molecular formula is C24H27NO3. The van der Waals surface area contributed by atoms with E-state index in [1.165, 1.54) is 33.4 Å². The number of carbonyl (C=O) groups excluding carboxylic acids is 1. The summed E-state index contributed by atoms with van der Waals surface area (Å²) in [5, 5.41) is 12.0. The minimum Gasteiger partial charge on any atom is -0.456 e. The second-order valence-corrected chi connectivity index (χ2v) is 7.36. The van der Waals surface area contributed by atoms with E-state index in [1.807, 2.05) is 6.07 Å². The van der Waals surface area contributed by atoms with Crippen LogP contribution < -0.4 is 5.32 Å². The van der Waals surface area contributed by atoms with Crippen molar-refractivity contribution in [2.45, 2.75) is 47.6 Å². The van der Waals surface area contributed by atoms with Crippen molar-refractivity contribution >= 4 is 11.6 Å². The molecule has 4 nitrogen and oxygen atoms in total. The summed E-state index contributed by atoms with van der Waals surface area (Å²) in [6.45, 7) is 10.7. The molecule has 146 valence electrons. The number of hydrogen-bond acceptors (Lipinski definition) is 3. The summed E-state index contributed by atoms with van der Waals surface area (Å²) in [5.41, 5.74) is 9.16. The molecule has 2 N–H and O–H groups in total. The molecule has 0 saturated carbocycles. The molecule has 4 heteroatoms. The molecule has 28 heavy (non-hydrogen) atoms. The van der Waals surface area contributed by atoms with E-state index in [-0.39, 0.29) is 18.3 Å². The molecule has 0 atom stereocenters. The van der Waals surface area contributed by atoms with Crippen LogP contribution in [0.1, 0.15) is 55.3 Å². The fraction of sp³-hybridized carbons (Fsp3) is 0.292. The zero-order valence-corrected chi connectivity index (χ0v) is 17.1. The van der Waals surface area contributed by atoms with Gasteiger partial charge in [-0.1, -0.05) is 12.1 Å². The third kappa shape index (κ3) is 3.87. The van der Waals surface area contributed by atoms with Crippen LogP contribution in [-0.4, -0.2) is 11.0 Å². The number of benzene rings is 2. The number of furan rings is 1. The molecule has 3 rings (SSSR count). The van der Waals surface area contributed by atoms with Gasteiger partial charge in [0.1, 0.15) is 5.76 Å². The van der Waals surface area contributed by atoms with Gasteiger partial charge in [-0.25, -0.2) is 0 Å². The lowest BCUT2D eigenvalue weighted by Crippen LogP contribution is -2.11. The van der Waals surface area contributed by atoms with Gasteiger partial charge in [0.05, 0.1) is 6.61 Å². The van der Waals surface area contributed by atoms with Crippen LogP contribution in [-0.2, 0) is 13.0 Å². The maximum atomic E-state index is 12.5. The third-order valence-electron chi connectivity index (χ3n) is 5.76. The fourth-order valence-corrected chi connectivity index (χ4v) is 3.55. The Labute approximate surface area is 166 Å². The highest BCUT2D eigenvalue weighted by molar-refractivity contribution is 6.02. The van der Waals surface area contributed by atoms with Crippen LogP contribution >= 0.6 is 0 Å². The molecule has 3 aromatic rings. The largest absolute Gasteiger partial charge is 0.456 e. The monoisotopic (exact) mass is 377 g/mol. The summed E-state index contributed by atoms with van der Waals surface area (Å²) in [7, 11) is 0. The van der Waals surface area contributed by atoms with Crippen LogP contribution in [0.4, 0.5) is 5.69 Å². The van der Waals surface area contributed by atoms with Crippen molar-refractivity contribution in [2.75, 3.05) is 5.32 Å². The van der Waals surface area contributed by atoms with Crippen molar-refractivity contribution in [1.82, 2.24) is 0 Å². The van der Waals surface area contributed by atoms with E-state index in [2.05, 4.69) is 39.9 Å². The van der Waals surface area contributed by atoms with Crippen LogP contribution in [0, 0.1) is 34.6 Å². The van der Waals surface area contributed by atoms with Crippen LogP contribution in [0.25, 0.3) is 0 Å². The predicted octanol–water partition coefficient (Wildman–Crippen LogP) is 5.16. The lowest BCUT2D eigenvalue weighted by atomic mass is 9.88. The molecular weight excluding hydrogens is 350 g/mol. The fourth-order valence-electron chi connectivity index (χ4n) is 3.55. The molecule has 0 aliphatic carbocycles. The summed E-state index contributed by atoms with van der Waals surface area (Å²) in [4.78, 5) is 12.5. The Morgan fingerprint density at radius 2 is 1.57 bits per heavy atom. The minimum atomic E-state index is -0.300. The molecule has 0 aliphatic heterocycles. The molecule has 0 bridgehead atoms. The van der Waals surface area contributed by atoms with E-state index in [9.17, 15) is 9.90 Å². The Hall–Kier alpha value is -2.85. The van der Waals surface area contributed by atoms with Crippen molar-refractivity contribution in [3.8, 4) is 0 Å². The van der Waals surface area contributed by atoms with Gasteiger partial charge in [-0.3, -0.25) is 4.79 Å². The number of rotatable bonds is 5. The molecule has 0 unspecified atom stereocenters. The van der Waals surface area contributed by atoms with Crippen LogP contribution in [0.5, 0.6) is 0 Å². The van der Waals surface area contributed by atoms with Crippen molar-refractivity contribution in [2.24, 2.45) is 0 Å². The first-order chi connectivity index (χ1) is 13.3.